The van der Waals surface area contributed by atoms with Crippen LogP contribution in [0.4, 0.5) is 5.69 Å². The molecule has 6 nitrogen and oxygen atoms in total. The van der Waals surface area contributed by atoms with Crippen LogP contribution in [0.3, 0.4) is 0 Å². The molecule has 0 aliphatic heterocycles. The minimum atomic E-state index is -0.482. The van der Waals surface area contributed by atoms with Gasteiger partial charge in [0.15, 0.2) is 0 Å². The molecule has 1 aromatic heterocycles. The van der Waals surface area contributed by atoms with Crippen LogP contribution in [0, 0.1) is 17.0 Å². The molecule has 0 saturated heterocycles. The van der Waals surface area contributed by atoms with Crippen molar-refractivity contribution in [2.45, 2.75) is 26.7 Å². The van der Waals surface area contributed by atoms with Gasteiger partial charge in [0.05, 0.1) is 10.5 Å². The molecule has 0 unspecified atom stereocenters. The van der Waals surface area contributed by atoms with E-state index in [0.29, 0.717) is 22.7 Å². The van der Waals surface area contributed by atoms with Crippen molar-refractivity contribution in [2.24, 2.45) is 0 Å². The maximum absolute atomic E-state index is 11.1. The number of halogens is 1. The van der Waals surface area contributed by atoms with Gasteiger partial charge in [-0.2, -0.15) is 0 Å². The van der Waals surface area contributed by atoms with E-state index in [2.05, 4.69) is 9.97 Å². The third-order valence-electron chi connectivity index (χ3n) is 2.94. The van der Waals surface area contributed by atoms with E-state index < -0.39 is 4.92 Å². The Labute approximate surface area is 126 Å². The largest absolute Gasteiger partial charge is 0.431 e. The van der Waals surface area contributed by atoms with Crippen LogP contribution in [0.2, 0.25) is 5.15 Å². The van der Waals surface area contributed by atoms with Crippen molar-refractivity contribution < 1.29 is 9.66 Å². The van der Waals surface area contributed by atoms with E-state index in [0.717, 1.165) is 6.42 Å². The number of hydrogen-bond acceptors (Lipinski definition) is 5. The molecule has 0 aliphatic carbocycles. The van der Waals surface area contributed by atoms with Crippen LogP contribution >= 0.6 is 11.6 Å². The fourth-order valence-corrected chi connectivity index (χ4v) is 2.15. The maximum atomic E-state index is 11.1. The zero-order valence-electron chi connectivity index (χ0n) is 11.7. The fraction of sp³-hybridized carbons (Fsp3) is 0.286. The fourth-order valence-electron chi connectivity index (χ4n) is 1.93. The Morgan fingerprint density at radius 3 is 2.81 bits per heavy atom. The third-order valence-corrected chi connectivity index (χ3v) is 3.27. The Balaban J connectivity index is 2.48. The average Bonchev–Trinajstić information content (AvgIpc) is 2.44. The normalized spacial score (nSPS) is 10.4. The zero-order valence-corrected chi connectivity index (χ0v) is 12.4. The van der Waals surface area contributed by atoms with Gasteiger partial charge >= 0.3 is 5.69 Å². The smallest absolute Gasteiger partial charge is 0.311 e. The van der Waals surface area contributed by atoms with E-state index in [4.69, 9.17) is 16.3 Å². The number of para-hydroxylation sites is 1. The van der Waals surface area contributed by atoms with Gasteiger partial charge in [0, 0.05) is 6.07 Å². The summed E-state index contributed by atoms with van der Waals surface area (Å²) in [7, 11) is 0. The molecule has 0 aliphatic rings. The molecule has 1 aromatic carbocycles. The van der Waals surface area contributed by atoms with Crippen LogP contribution in [0.1, 0.15) is 24.5 Å². The van der Waals surface area contributed by atoms with Crippen LogP contribution in [0.15, 0.2) is 24.5 Å². The van der Waals surface area contributed by atoms with E-state index in [1.54, 1.807) is 19.1 Å². The van der Waals surface area contributed by atoms with Gasteiger partial charge < -0.3 is 4.74 Å². The van der Waals surface area contributed by atoms with Gasteiger partial charge in [0.25, 0.3) is 0 Å². The lowest BCUT2D eigenvalue weighted by Crippen LogP contribution is -2.01. The molecule has 0 radical (unpaired) electrons. The topological polar surface area (TPSA) is 78.2 Å². The minimum absolute atomic E-state index is 0.104. The highest BCUT2D eigenvalue weighted by Crippen LogP contribution is 2.36. The first kappa shape index (κ1) is 15.2. The quantitative estimate of drug-likeness (QED) is 0.472. The number of nitro groups is 1. The van der Waals surface area contributed by atoms with Crippen LogP contribution in [-0.2, 0) is 6.42 Å². The molecule has 110 valence electrons. The van der Waals surface area contributed by atoms with E-state index >= 15 is 0 Å². The Morgan fingerprint density at radius 2 is 2.14 bits per heavy atom. The molecular weight excluding hydrogens is 294 g/mol. The summed E-state index contributed by atoms with van der Waals surface area (Å²) in [5.41, 5.74) is 1.20. The number of ether oxygens (including phenoxy) is 1. The summed E-state index contributed by atoms with van der Waals surface area (Å²) >= 11 is 6.05. The highest BCUT2D eigenvalue weighted by molar-refractivity contribution is 6.30. The number of benzene rings is 1. The predicted molar refractivity (Wildman–Crippen MR) is 78.9 cm³/mol. The lowest BCUT2D eigenvalue weighted by molar-refractivity contribution is -0.385. The molecular formula is C14H14ClN3O3. The Kier molecular flexibility index (Phi) is 4.70. The van der Waals surface area contributed by atoms with Crippen LogP contribution in [-0.4, -0.2) is 14.9 Å². The third kappa shape index (κ3) is 3.28. The zero-order chi connectivity index (χ0) is 15.4. The maximum Gasteiger partial charge on any atom is 0.311 e. The van der Waals surface area contributed by atoms with Gasteiger partial charge in [0.1, 0.15) is 11.5 Å². The van der Waals surface area contributed by atoms with Gasteiger partial charge in [-0.1, -0.05) is 37.1 Å². The summed E-state index contributed by atoms with van der Waals surface area (Å²) in [6.45, 7) is 3.73. The van der Waals surface area contributed by atoms with Crippen LogP contribution in [0.25, 0.3) is 0 Å². The Bertz CT molecular complexity index is 677. The summed E-state index contributed by atoms with van der Waals surface area (Å²) < 4.78 is 5.69. The summed E-state index contributed by atoms with van der Waals surface area (Å²) in [5, 5.41) is 11.4. The number of rotatable bonds is 5. The van der Waals surface area contributed by atoms with Gasteiger partial charge in [-0.15, -0.1) is 0 Å². The number of aryl methyl sites for hydroxylation is 1. The van der Waals surface area contributed by atoms with Gasteiger partial charge in [-0.25, -0.2) is 9.97 Å². The molecule has 0 saturated carbocycles. The summed E-state index contributed by atoms with van der Waals surface area (Å²) in [5.74, 6) is 0.434. The molecule has 0 bridgehead atoms. The van der Waals surface area contributed by atoms with Crippen LogP contribution in [0.5, 0.6) is 11.6 Å². The number of nitro benzene ring substituents is 1. The second-order valence-corrected chi connectivity index (χ2v) is 4.84. The Morgan fingerprint density at radius 1 is 1.38 bits per heavy atom. The lowest BCUT2D eigenvalue weighted by atomic mass is 10.2. The van der Waals surface area contributed by atoms with Gasteiger partial charge in [-0.05, 0) is 18.9 Å². The minimum Gasteiger partial charge on any atom is -0.431 e. The molecule has 0 fully saturated rings. The highest BCUT2D eigenvalue weighted by Gasteiger charge is 2.20. The number of aromatic nitrogens is 2. The van der Waals surface area contributed by atoms with Gasteiger partial charge in [0.2, 0.25) is 11.6 Å². The van der Waals surface area contributed by atoms with Crippen LogP contribution < -0.4 is 4.74 Å². The standard InChI is InChI=1S/C14H14ClN3O3/c1-3-5-10-13(15)16-8-17-14(10)21-12-9(2)6-4-7-11(12)18(19)20/h4,6-8H,3,5H2,1-2H3. The summed E-state index contributed by atoms with van der Waals surface area (Å²) in [6.07, 6.45) is 2.74. The predicted octanol–water partition coefficient (Wildman–Crippen LogP) is 4.09. The second-order valence-electron chi connectivity index (χ2n) is 4.48. The molecule has 1 heterocycles. The lowest BCUT2D eigenvalue weighted by Gasteiger charge is -2.12. The monoisotopic (exact) mass is 307 g/mol. The van der Waals surface area contributed by atoms with E-state index in [1.807, 2.05) is 6.92 Å². The summed E-state index contributed by atoms with van der Waals surface area (Å²) in [4.78, 5) is 18.6. The first-order valence-corrected chi connectivity index (χ1v) is 6.83. The summed E-state index contributed by atoms with van der Waals surface area (Å²) in [6, 6.07) is 4.75. The molecule has 0 atom stereocenters. The van der Waals surface area contributed by atoms with Crippen molar-refractivity contribution in [1.29, 1.82) is 0 Å². The molecule has 0 spiro atoms. The highest BCUT2D eigenvalue weighted by atomic mass is 35.5. The Hall–Kier alpha value is -2.21. The molecule has 2 rings (SSSR count). The molecule has 0 N–H and O–H groups in total. The molecule has 0 amide bonds. The number of hydrogen-bond donors (Lipinski definition) is 0. The van der Waals surface area contributed by atoms with E-state index in [1.165, 1.54) is 12.4 Å². The second kappa shape index (κ2) is 6.49. The number of nitrogens with zero attached hydrogens (tertiary/aromatic N) is 3. The van der Waals surface area contributed by atoms with Crippen molar-refractivity contribution in [2.75, 3.05) is 0 Å². The van der Waals surface area contributed by atoms with Crippen molar-refractivity contribution in [3.63, 3.8) is 0 Å². The molecule has 2 aromatic rings. The van der Waals surface area contributed by atoms with Crippen molar-refractivity contribution in [3.05, 3.63) is 50.9 Å². The SMILES string of the molecule is CCCc1c(Cl)ncnc1Oc1c(C)cccc1[N+](=O)[O-]. The molecule has 21 heavy (non-hydrogen) atoms. The van der Waals surface area contributed by atoms with Crippen molar-refractivity contribution in [3.8, 4) is 11.6 Å². The molecule has 7 heteroatoms. The average molecular weight is 308 g/mol. The van der Waals surface area contributed by atoms with Crippen molar-refractivity contribution in [1.82, 2.24) is 9.97 Å². The van der Waals surface area contributed by atoms with Crippen molar-refractivity contribution >= 4 is 17.3 Å². The first-order valence-electron chi connectivity index (χ1n) is 6.45. The van der Waals surface area contributed by atoms with E-state index in [-0.39, 0.29) is 17.3 Å². The first-order chi connectivity index (χ1) is 10.0. The van der Waals surface area contributed by atoms with Gasteiger partial charge in [-0.3, -0.25) is 10.1 Å². The van der Waals surface area contributed by atoms with E-state index in [9.17, 15) is 10.1 Å².